The van der Waals surface area contributed by atoms with Crippen molar-refractivity contribution in [3.63, 3.8) is 0 Å². The Morgan fingerprint density at radius 2 is 2.17 bits per heavy atom. The summed E-state index contributed by atoms with van der Waals surface area (Å²) in [6, 6.07) is 0. The van der Waals surface area contributed by atoms with E-state index < -0.39 is 0 Å². The van der Waals surface area contributed by atoms with Crippen LogP contribution in [0.3, 0.4) is 0 Å². The van der Waals surface area contributed by atoms with Crippen LogP contribution >= 0.6 is 11.3 Å². The van der Waals surface area contributed by atoms with Gasteiger partial charge < -0.3 is 5.32 Å². The fraction of sp³-hybridized carbons (Fsp3) is 0.542. The fourth-order valence-electron chi connectivity index (χ4n) is 4.63. The molecular formula is C24H32N4S. The highest BCUT2D eigenvalue weighted by Crippen LogP contribution is 2.39. The predicted octanol–water partition coefficient (Wildman–Crippen LogP) is 6.52. The summed E-state index contributed by atoms with van der Waals surface area (Å²) in [6.45, 7) is 7.42. The molecule has 2 aliphatic carbocycles. The Morgan fingerprint density at radius 3 is 2.93 bits per heavy atom. The van der Waals surface area contributed by atoms with Crippen molar-refractivity contribution in [2.24, 2.45) is 21.8 Å². The summed E-state index contributed by atoms with van der Waals surface area (Å²) in [5.41, 5.74) is 6.06. The van der Waals surface area contributed by atoms with Gasteiger partial charge in [0, 0.05) is 36.2 Å². The highest BCUT2D eigenvalue weighted by Gasteiger charge is 2.34. The molecule has 2 unspecified atom stereocenters. The van der Waals surface area contributed by atoms with E-state index in [9.17, 15) is 0 Å². The number of hydrogen-bond acceptors (Lipinski definition) is 5. The largest absolute Gasteiger partial charge is 0.330 e. The minimum Gasteiger partial charge on any atom is -0.330 e. The summed E-state index contributed by atoms with van der Waals surface area (Å²) < 4.78 is 0. The number of thiazole rings is 1. The van der Waals surface area contributed by atoms with Crippen molar-refractivity contribution >= 4 is 28.4 Å². The Hall–Kier alpha value is -2.01. The summed E-state index contributed by atoms with van der Waals surface area (Å²) >= 11 is 1.72. The molecule has 1 aliphatic heterocycles. The molecular weight excluding hydrogens is 376 g/mol. The molecule has 1 saturated carbocycles. The first kappa shape index (κ1) is 20.3. The second kappa shape index (κ2) is 9.21. The Bertz CT molecular complexity index is 880. The zero-order valence-electron chi connectivity index (χ0n) is 17.8. The third kappa shape index (κ3) is 4.45. The van der Waals surface area contributed by atoms with E-state index in [0.717, 1.165) is 35.9 Å². The van der Waals surface area contributed by atoms with Gasteiger partial charge in [-0.25, -0.2) is 4.98 Å². The van der Waals surface area contributed by atoms with E-state index in [1.165, 1.54) is 42.5 Å². The first-order valence-electron chi connectivity index (χ1n) is 11.1. The molecule has 1 aromatic rings. The second-order valence-corrected chi connectivity index (χ2v) is 9.27. The molecule has 0 aromatic carbocycles. The predicted molar refractivity (Wildman–Crippen MR) is 125 cm³/mol. The molecule has 1 N–H and O–H groups in total. The van der Waals surface area contributed by atoms with Crippen LogP contribution < -0.4 is 5.32 Å². The molecule has 0 bridgehead atoms. The maximum absolute atomic E-state index is 4.91. The Labute approximate surface area is 178 Å². The lowest BCUT2D eigenvalue weighted by Gasteiger charge is -2.27. The molecule has 29 heavy (non-hydrogen) atoms. The van der Waals surface area contributed by atoms with Gasteiger partial charge in [0.25, 0.3) is 0 Å². The van der Waals surface area contributed by atoms with Crippen molar-refractivity contribution in [1.29, 1.82) is 0 Å². The number of fused-ring (bicyclic) bond motifs is 1. The highest BCUT2D eigenvalue weighted by atomic mass is 32.1. The smallest absolute Gasteiger partial charge is 0.187 e. The Balaban J connectivity index is 1.49. The third-order valence-corrected chi connectivity index (χ3v) is 6.92. The van der Waals surface area contributed by atoms with E-state index in [0.29, 0.717) is 17.8 Å². The van der Waals surface area contributed by atoms with Crippen LogP contribution in [-0.4, -0.2) is 23.5 Å². The van der Waals surface area contributed by atoms with E-state index in [1.807, 2.05) is 12.4 Å². The second-order valence-electron chi connectivity index (χ2n) is 8.41. The van der Waals surface area contributed by atoms with E-state index in [1.54, 1.807) is 11.3 Å². The monoisotopic (exact) mass is 408 g/mol. The van der Waals surface area contributed by atoms with Crippen LogP contribution in [0.2, 0.25) is 0 Å². The van der Waals surface area contributed by atoms with Crippen molar-refractivity contribution < 1.29 is 0 Å². The molecule has 1 fully saturated rings. The summed E-state index contributed by atoms with van der Waals surface area (Å²) in [4.78, 5) is 14.3. The van der Waals surface area contributed by atoms with Crippen LogP contribution in [0, 0.1) is 11.8 Å². The first-order chi connectivity index (χ1) is 14.2. The maximum atomic E-state index is 4.91. The topological polar surface area (TPSA) is 49.6 Å². The van der Waals surface area contributed by atoms with Gasteiger partial charge in [-0.2, -0.15) is 0 Å². The molecule has 1 aromatic heterocycles. The summed E-state index contributed by atoms with van der Waals surface area (Å²) in [5.74, 6) is 1.50. The standard InChI is InChI=1S/C24H32N4S/c1-4-10-25-13-17(5-2)20-14-26-23-19(20)11-16(3)12-21(23)27-24-28-22(15-29-24)18-8-6-7-9-18/h5,12-16,18-19H,4,6-11H2,1-3H3,(H,27,28)/b17-5+,25-13?. The minimum absolute atomic E-state index is 0.339. The quantitative estimate of drug-likeness (QED) is 0.522. The first-order valence-corrected chi connectivity index (χ1v) is 12.0. The van der Waals surface area contributed by atoms with Gasteiger partial charge in [-0.3, -0.25) is 9.98 Å². The molecule has 4 rings (SSSR count). The van der Waals surface area contributed by atoms with Gasteiger partial charge in [-0.05, 0) is 49.7 Å². The van der Waals surface area contributed by atoms with Crippen LogP contribution in [0.25, 0.3) is 0 Å². The van der Waals surface area contributed by atoms with Gasteiger partial charge in [0.1, 0.15) is 0 Å². The highest BCUT2D eigenvalue weighted by molar-refractivity contribution is 7.13. The van der Waals surface area contributed by atoms with Gasteiger partial charge in [0.15, 0.2) is 5.13 Å². The molecule has 0 amide bonds. The van der Waals surface area contributed by atoms with Gasteiger partial charge in [0.05, 0.1) is 17.1 Å². The lowest BCUT2D eigenvalue weighted by Crippen LogP contribution is -2.27. The molecule has 3 aliphatic rings. The van der Waals surface area contributed by atoms with Gasteiger partial charge in [-0.15, -0.1) is 11.3 Å². The van der Waals surface area contributed by atoms with Gasteiger partial charge in [0.2, 0.25) is 0 Å². The fourth-order valence-corrected chi connectivity index (χ4v) is 5.43. The van der Waals surface area contributed by atoms with Crippen molar-refractivity contribution in [1.82, 2.24) is 4.98 Å². The number of nitrogens with one attached hydrogen (secondary N) is 1. The third-order valence-electron chi connectivity index (χ3n) is 6.15. The van der Waals surface area contributed by atoms with Crippen LogP contribution in [-0.2, 0) is 0 Å². The van der Waals surface area contributed by atoms with Crippen molar-refractivity contribution in [2.75, 3.05) is 11.9 Å². The number of aliphatic imine (C=N–C) groups is 2. The Kier molecular flexibility index (Phi) is 6.43. The average Bonchev–Trinajstić information content (AvgIpc) is 3.46. The number of rotatable bonds is 7. The average molecular weight is 409 g/mol. The SMILES string of the molecule is C/C=C(\C=NCCC)C1=CN=C2C(Nc3nc(C4CCCC4)cs3)=CC(C)CC12. The van der Waals surface area contributed by atoms with Crippen molar-refractivity contribution in [3.05, 3.63) is 46.3 Å². The van der Waals surface area contributed by atoms with E-state index in [-0.39, 0.29) is 0 Å². The molecule has 0 spiro atoms. The van der Waals surface area contributed by atoms with Gasteiger partial charge in [-0.1, -0.05) is 38.8 Å². The van der Waals surface area contributed by atoms with E-state index in [2.05, 4.69) is 48.6 Å². The zero-order chi connectivity index (χ0) is 20.2. The van der Waals surface area contributed by atoms with Crippen LogP contribution in [0.4, 0.5) is 5.13 Å². The number of nitrogens with zero attached hydrogens (tertiary/aromatic N) is 3. The zero-order valence-corrected chi connectivity index (χ0v) is 18.6. The molecule has 2 atom stereocenters. The molecule has 2 heterocycles. The lowest BCUT2D eigenvalue weighted by molar-refractivity contribution is 0.577. The summed E-state index contributed by atoms with van der Waals surface area (Å²) in [7, 11) is 0. The maximum Gasteiger partial charge on any atom is 0.187 e. The van der Waals surface area contributed by atoms with Crippen LogP contribution in [0.1, 0.15) is 70.9 Å². The van der Waals surface area contributed by atoms with E-state index in [4.69, 9.17) is 9.98 Å². The van der Waals surface area contributed by atoms with Crippen molar-refractivity contribution in [2.45, 2.75) is 65.2 Å². The van der Waals surface area contributed by atoms with E-state index >= 15 is 0 Å². The molecule has 4 nitrogen and oxygen atoms in total. The minimum atomic E-state index is 0.339. The summed E-state index contributed by atoms with van der Waals surface area (Å²) in [6.07, 6.45) is 16.0. The molecule has 154 valence electrons. The normalized spacial score (nSPS) is 25.2. The lowest BCUT2D eigenvalue weighted by atomic mass is 9.79. The molecule has 0 saturated heterocycles. The van der Waals surface area contributed by atoms with Crippen LogP contribution in [0.5, 0.6) is 0 Å². The van der Waals surface area contributed by atoms with Gasteiger partial charge >= 0.3 is 0 Å². The number of anilines is 1. The van der Waals surface area contributed by atoms with Crippen molar-refractivity contribution in [3.8, 4) is 0 Å². The molecule has 5 heteroatoms. The Morgan fingerprint density at radius 1 is 1.34 bits per heavy atom. The molecule has 0 radical (unpaired) electrons. The summed E-state index contributed by atoms with van der Waals surface area (Å²) in [5, 5.41) is 6.85. The van der Waals surface area contributed by atoms with Crippen LogP contribution in [0.15, 0.2) is 50.6 Å². The number of hydrogen-bond donors (Lipinski definition) is 1. The number of aromatic nitrogens is 1. The number of allylic oxidation sites excluding steroid dienone is 5.